The predicted octanol–water partition coefficient (Wildman–Crippen LogP) is 3.20. The van der Waals surface area contributed by atoms with Crippen LogP contribution in [0, 0.1) is 11.5 Å². The van der Waals surface area contributed by atoms with E-state index in [4.69, 9.17) is 13.9 Å². The van der Waals surface area contributed by atoms with Crippen LogP contribution in [-0.2, 0) is 10.9 Å². The lowest BCUT2D eigenvalue weighted by molar-refractivity contribution is -0.137. The molecule has 0 spiro atoms. The third-order valence-corrected chi connectivity index (χ3v) is 5.33. The lowest BCUT2D eigenvalue weighted by atomic mass is 10.1. The number of likely N-dealkylation sites (tertiary alicyclic amines) is 1. The molecular weight excluding hydrogens is 429 g/mol. The summed E-state index contributed by atoms with van der Waals surface area (Å²) in [5.74, 6) is -0.659. The lowest BCUT2D eigenvalue weighted by Crippen LogP contribution is -2.36. The summed E-state index contributed by atoms with van der Waals surface area (Å²) < 4.78 is 55.9. The fraction of sp³-hybridized carbons (Fsp3) is 0.476. The average molecular weight is 450 g/mol. The van der Waals surface area contributed by atoms with Gasteiger partial charge in [-0.3, -0.25) is 4.79 Å². The lowest BCUT2D eigenvalue weighted by Gasteiger charge is -2.15. The Morgan fingerprint density at radius 3 is 2.84 bits per heavy atom. The minimum Gasteiger partial charge on any atom is -0.490 e. The smallest absolute Gasteiger partial charge is 0.416 e. The van der Waals surface area contributed by atoms with Crippen molar-refractivity contribution in [3.05, 3.63) is 35.9 Å². The Bertz CT molecular complexity index is 1030. The van der Waals surface area contributed by atoms with E-state index in [1.807, 2.05) is 0 Å². The highest BCUT2D eigenvalue weighted by Crippen LogP contribution is 2.39. The van der Waals surface area contributed by atoms with E-state index < -0.39 is 17.6 Å². The monoisotopic (exact) mass is 450 g/mol. The van der Waals surface area contributed by atoms with E-state index in [1.54, 1.807) is 0 Å². The van der Waals surface area contributed by atoms with Gasteiger partial charge in [0, 0.05) is 19.7 Å². The predicted molar refractivity (Wildman–Crippen MR) is 104 cm³/mol. The molecule has 2 heterocycles. The molecule has 1 saturated carbocycles. The standard InChI is InChI=1S/C21H21F3N4O4/c1-30-10-14-7-13(9-28(14)11-25)27-19(29)20-26-8-18(32-20)16-6-12(21(22,23)24)2-5-17(16)31-15-3-4-15/h2,5-6,8,13-15H,3-4,7,9-10H2,1H3,(H,27,29). The molecule has 1 aromatic heterocycles. The Balaban J connectivity index is 1.52. The summed E-state index contributed by atoms with van der Waals surface area (Å²) in [5, 5.41) is 12.0. The Hall–Kier alpha value is -3.26. The van der Waals surface area contributed by atoms with Crippen molar-refractivity contribution in [2.75, 3.05) is 20.3 Å². The first-order valence-electron chi connectivity index (χ1n) is 10.1. The maximum Gasteiger partial charge on any atom is 0.416 e. The zero-order valence-electron chi connectivity index (χ0n) is 17.2. The number of ether oxygens (including phenoxy) is 2. The van der Waals surface area contributed by atoms with Gasteiger partial charge in [0.1, 0.15) is 5.75 Å². The highest BCUT2D eigenvalue weighted by molar-refractivity contribution is 5.90. The largest absolute Gasteiger partial charge is 0.490 e. The number of amides is 1. The molecule has 1 aliphatic carbocycles. The van der Waals surface area contributed by atoms with Gasteiger partial charge >= 0.3 is 12.1 Å². The molecule has 1 amide bonds. The van der Waals surface area contributed by atoms with Crippen molar-refractivity contribution < 1.29 is 31.9 Å². The van der Waals surface area contributed by atoms with Crippen LogP contribution in [0.1, 0.15) is 35.5 Å². The molecule has 0 radical (unpaired) electrons. The molecule has 2 atom stereocenters. The van der Waals surface area contributed by atoms with Crippen molar-refractivity contribution in [3.63, 3.8) is 0 Å². The number of carbonyl (C=O) groups is 1. The van der Waals surface area contributed by atoms with Crippen LogP contribution in [0.4, 0.5) is 13.2 Å². The number of alkyl halides is 3. The number of nitrogens with zero attached hydrogens (tertiary/aromatic N) is 3. The second kappa shape index (κ2) is 8.70. The number of nitrogens with one attached hydrogen (secondary N) is 1. The molecule has 11 heteroatoms. The third-order valence-electron chi connectivity index (χ3n) is 5.33. The first kappa shape index (κ1) is 22.0. The molecule has 2 aliphatic rings. The Morgan fingerprint density at radius 1 is 1.41 bits per heavy atom. The van der Waals surface area contributed by atoms with E-state index in [0.717, 1.165) is 25.0 Å². The summed E-state index contributed by atoms with van der Waals surface area (Å²) in [6.07, 6.45) is 0.856. The molecule has 32 heavy (non-hydrogen) atoms. The second-order valence-electron chi connectivity index (χ2n) is 7.82. The van der Waals surface area contributed by atoms with E-state index in [2.05, 4.69) is 16.5 Å². The zero-order valence-corrected chi connectivity index (χ0v) is 17.2. The highest BCUT2D eigenvalue weighted by atomic mass is 19.4. The summed E-state index contributed by atoms with van der Waals surface area (Å²) >= 11 is 0. The van der Waals surface area contributed by atoms with E-state index in [1.165, 1.54) is 24.3 Å². The number of methoxy groups -OCH3 is 1. The molecule has 1 N–H and O–H groups in total. The molecule has 2 aromatic rings. The summed E-state index contributed by atoms with van der Waals surface area (Å²) in [6, 6.07) is 2.66. The fourth-order valence-corrected chi connectivity index (χ4v) is 3.61. The third kappa shape index (κ3) is 4.80. The van der Waals surface area contributed by atoms with Crippen molar-refractivity contribution in [1.82, 2.24) is 15.2 Å². The SMILES string of the molecule is COCC1CC(NC(=O)c2ncc(-c3cc(C(F)(F)F)ccc3OC3CC3)o2)CN1C#N. The number of hydrogen-bond acceptors (Lipinski definition) is 7. The minimum atomic E-state index is -4.54. The number of benzene rings is 1. The van der Waals surface area contributed by atoms with Crippen molar-refractivity contribution in [3.8, 4) is 23.3 Å². The first-order chi connectivity index (χ1) is 15.3. The number of carbonyl (C=O) groups excluding carboxylic acids is 1. The van der Waals surface area contributed by atoms with Crippen LogP contribution in [0.15, 0.2) is 28.8 Å². The summed E-state index contributed by atoms with van der Waals surface area (Å²) in [6.45, 7) is 0.666. The van der Waals surface area contributed by atoms with Crippen molar-refractivity contribution in [1.29, 1.82) is 5.26 Å². The Labute approximate surface area is 181 Å². The van der Waals surface area contributed by atoms with Gasteiger partial charge in [-0.05, 0) is 37.5 Å². The number of nitriles is 1. The molecule has 2 fully saturated rings. The molecule has 8 nitrogen and oxygen atoms in total. The molecular formula is C21H21F3N4O4. The molecule has 1 aromatic carbocycles. The molecule has 4 rings (SSSR count). The average Bonchev–Trinajstić information content (AvgIpc) is 3.27. The van der Waals surface area contributed by atoms with Gasteiger partial charge in [-0.1, -0.05) is 0 Å². The number of halogens is 3. The summed E-state index contributed by atoms with van der Waals surface area (Å²) in [7, 11) is 1.53. The van der Waals surface area contributed by atoms with Gasteiger partial charge in [0.05, 0.1) is 36.1 Å². The first-order valence-corrected chi connectivity index (χ1v) is 10.1. The highest BCUT2D eigenvalue weighted by Gasteiger charge is 2.35. The van der Waals surface area contributed by atoms with Gasteiger partial charge in [0.15, 0.2) is 12.0 Å². The van der Waals surface area contributed by atoms with Crippen molar-refractivity contribution >= 4 is 5.91 Å². The normalized spacial score (nSPS) is 20.8. The summed E-state index contributed by atoms with van der Waals surface area (Å²) in [5.41, 5.74) is -0.778. The van der Waals surface area contributed by atoms with Gasteiger partial charge in [-0.15, -0.1) is 0 Å². The zero-order chi connectivity index (χ0) is 22.9. The van der Waals surface area contributed by atoms with E-state index in [-0.39, 0.29) is 41.2 Å². The molecule has 1 saturated heterocycles. The minimum absolute atomic E-state index is 0.000710. The molecule has 2 unspecified atom stereocenters. The van der Waals surface area contributed by atoms with Gasteiger partial charge in [0.2, 0.25) is 0 Å². The number of rotatable bonds is 7. The quantitative estimate of drug-likeness (QED) is 0.647. The molecule has 170 valence electrons. The van der Waals surface area contributed by atoms with Crippen LogP contribution < -0.4 is 10.1 Å². The van der Waals surface area contributed by atoms with Crippen LogP contribution in [0.5, 0.6) is 5.75 Å². The van der Waals surface area contributed by atoms with E-state index in [9.17, 15) is 23.2 Å². The van der Waals surface area contributed by atoms with Crippen molar-refractivity contribution in [2.24, 2.45) is 0 Å². The van der Waals surface area contributed by atoms with E-state index >= 15 is 0 Å². The van der Waals surface area contributed by atoms with Crippen molar-refractivity contribution in [2.45, 2.75) is 43.6 Å². The number of aromatic nitrogens is 1. The van der Waals surface area contributed by atoms with Crippen LogP contribution in [0.25, 0.3) is 11.3 Å². The maximum atomic E-state index is 13.2. The number of oxazole rings is 1. The number of hydrogen-bond donors (Lipinski definition) is 1. The van der Waals surface area contributed by atoms with Gasteiger partial charge in [-0.2, -0.15) is 18.4 Å². The van der Waals surface area contributed by atoms with Crippen LogP contribution in [0.2, 0.25) is 0 Å². The fourth-order valence-electron chi connectivity index (χ4n) is 3.61. The summed E-state index contributed by atoms with van der Waals surface area (Å²) in [4.78, 5) is 18.1. The maximum absolute atomic E-state index is 13.2. The van der Waals surface area contributed by atoms with Gasteiger partial charge in [-0.25, -0.2) is 4.98 Å². The molecule has 0 bridgehead atoms. The molecule has 1 aliphatic heterocycles. The van der Waals surface area contributed by atoms with E-state index in [0.29, 0.717) is 19.6 Å². The second-order valence-corrected chi connectivity index (χ2v) is 7.82. The topological polar surface area (TPSA) is 101 Å². The van der Waals surface area contributed by atoms with Crippen LogP contribution >= 0.6 is 0 Å². The Morgan fingerprint density at radius 2 is 2.19 bits per heavy atom. The van der Waals surface area contributed by atoms with Crippen LogP contribution in [-0.4, -0.2) is 54.2 Å². The van der Waals surface area contributed by atoms with Gasteiger partial charge in [0.25, 0.3) is 5.89 Å². The Kier molecular flexibility index (Phi) is 5.97. The van der Waals surface area contributed by atoms with Crippen LogP contribution in [0.3, 0.4) is 0 Å². The van der Waals surface area contributed by atoms with Gasteiger partial charge < -0.3 is 24.1 Å².